The van der Waals surface area contributed by atoms with Crippen LogP contribution in [0.4, 0.5) is 0 Å². The topological polar surface area (TPSA) is 81.2 Å². The van der Waals surface area contributed by atoms with E-state index in [0.29, 0.717) is 5.69 Å². The molecule has 0 atom stereocenters. The number of carbonyl (C=O) groups is 1. The van der Waals surface area contributed by atoms with Crippen LogP contribution >= 0.6 is 11.3 Å². The first-order chi connectivity index (χ1) is 14.5. The second-order valence-corrected chi connectivity index (χ2v) is 8.22. The van der Waals surface area contributed by atoms with Crippen LogP contribution in [0.2, 0.25) is 0 Å². The Morgan fingerprint density at radius 1 is 1.30 bits per heavy atom. The number of hydrogen-bond acceptors (Lipinski definition) is 6. The summed E-state index contributed by atoms with van der Waals surface area (Å²) in [5.41, 5.74) is 4.25. The molecule has 0 aliphatic heterocycles. The molecule has 0 saturated carbocycles. The first-order valence-corrected chi connectivity index (χ1v) is 10.4. The quantitative estimate of drug-likeness (QED) is 0.339. The molecule has 9 heteroatoms. The zero-order chi connectivity index (χ0) is 21.3. The minimum absolute atomic E-state index is 0.210. The van der Waals surface area contributed by atoms with Crippen molar-refractivity contribution >= 4 is 34.3 Å². The number of pyridine rings is 1. The summed E-state index contributed by atoms with van der Waals surface area (Å²) in [6.45, 7) is 5.80. The van der Waals surface area contributed by atoms with E-state index in [1.807, 2.05) is 50.1 Å². The van der Waals surface area contributed by atoms with Gasteiger partial charge in [0.2, 0.25) is 0 Å². The van der Waals surface area contributed by atoms with Crippen molar-refractivity contribution < 1.29 is 4.79 Å². The summed E-state index contributed by atoms with van der Waals surface area (Å²) in [6.07, 6.45) is 7.22. The lowest BCUT2D eigenvalue weighted by Crippen LogP contribution is -2.27. The van der Waals surface area contributed by atoms with Gasteiger partial charge >= 0.3 is 0 Å². The van der Waals surface area contributed by atoms with Gasteiger partial charge in [-0.1, -0.05) is 6.07 Å². The van der Waals surface area contributed by atoms with Crippen LogP contribution in [0.1, 0.15) is 32.3 Å². The van der Waals surface area contributed by atoms with E-state index in [1.165, 1.54) is 10.6 Å². The zero-order valence-electron chi connectivity index (χ0n) is 17.2. The number of rotatable bonds is 7. The maximum absolute atomic E-state index is 13.2. The molecule has 0 bridgehead atoms. The zero-order valence-corrected chi connectivity index (χ0v) is 18.1. The summed E-state index contributed by atoms with van der Waals surface area (Å²) < 4.78 is 4.58. The smallest absolute Gasteiger partial charge is 0.291 e. The predicted octanol–water partition coefficient (Wildman–Crippen LogP) is 3.11. The molecule has 0 aromatic carbocycles. The number of aromatic nitrogens is 5. The van der Waals surface area contributed by atoms with E-state index in [1.54, 1.807) is 22.2 Å². The van der Waals surface area contributed by atoms with Gasteiger partial charge in [-0.2, -0.15) is 10.2 Å². The van der Waals surface area contributed by atoms with Gasteiger partial charge in [0.1, 0.15) is 5.69 Å². The molecule has 8 nitrogen and oxygen atoms in total. The van der Waals surface area contributed by atoms with E-state index < -0.39 is 0 Å². The lowest BCUT2D eigenvalue weighted by atomic mass is 10.2. The van der Waals surface area contributed by atoms with E-state index in [4.69, 9.17) is 4.98 Å². The van der Waals surface area contributed by atoms with Crippen molar-refractivity contribution in [2.24, 2.45) is 19.2 Å². The van der Waals surface area contributed by atoms with Gasteiger partial charge in [-0.3, -0.25) is 14.5 Å². The third-order valence-corrected chi connectivity index (χ3v) is 6.27. The molecule has 30 heavy (non-hydrogen) atoms. The Balaban J connectivity index is 1.57. The van der Waals surface area contributed by atoms with E-state index in [2.05, 4.69) is 28.0 Å². The number of aryl methyl sites for hydroxylation is 5. The third-order valence-electron chi connectivity index (χ3n) is 5.04. The van der Waals surface area contributed by atoms with Crippen LogP contribution in [-0.4, -0.2) is 41.9 Å². The Hall–Kier alpha value is -3.33. The number of hydrogen-bond donors (Lipinski definition) is 0. The molecule has 0 fully saturated rings. The van der Waals surface area contributed by atoms with Crippen molar-refractivity contribution in [2.45, 2.75) is 26.3 Å². The highest BCUT2D eigenvalue weighted by Gasteiger charge is 2.26. The average molecular weight is 422 g/mol. The van der Waals surface area contributed by atoms with E-state index in [0.717, 1.165) is 39.5 Å². The molecular formula is C21H23N7OS. The van der Waals surface area contributed by atoms with Crippen LogP contribution in [-0.2, 0) is 33.5 Å². The number of carbonyl (C=O) groups excluding carboxylic acids is 1. The van der Waals surface area contributed by atoms with Crippen molar-refractivity contribution in [1.29, 1.82) is 0 Å². The van der Waals surface area contributed by atoms with Crippen molar-refractivity contribution in [2.75, 3.05) is 0 Å². The Morgan fingerprint density at radius 3 is 2.77 bits per heavy atom. The van der Waals surface area contributed by atoms with Crippen LogP contribution < -0.4 is 0 Å². The summed E-state index contributed by atoms with van der Waals surface area (Å²) in [4.78, 5) is 22.2. The molecule has 4 heterocycles. The number of amides is 1. The SMILES string of the molecule is C=NN(Cc1ccn(C)n1)C(=O)c1c(C)c2sc(CCc3cccnc3)nc2n1C. The van der Waals surface area contributed by atoms with Crippen LogP contribution in [0.3, 0.4) is 0 Å². The average Bonchev–Trinajstić information content (AvgIpc) is 3.42. The molecule has 4 aromatic rings. The van der Waals surface area contributed by atoms with Crippen LogP contribution in [0.15, 0.2) is 41.9 Å². The van der Waals surface area contributed by atoms with Gasteiger partial charge in [0, 0.05) is 45.8 Å². The minimum Gasteiger partial charge on any atom is -0.323 e. The van der Waals surface area contributed by atoms with Crippen molar-refractivity contribution in [3.8, 4) is 0 Å². The number of hydrazone groups is 1. The molecular weight excluding hydrogens is 398 g/mol. The van der Waals surface area contributed by atoms with Gasteiger partial charge in [0.05, 0.1) is 21.9 Å². The number of nitrogens with zero attached hydrogens (tertiary/aromatic N) is 7. The van der Waals surface area contributed by atoms with E-state index in [9.17, 15) is 4.79 Å². The highest BCUT2D eigenvalue weighted by atomic mass is 32.1. The molecule has 4 rings (SSSR count). The summed E-state index contributed by atoms with van der Waals surface area (Å²) in [6, 6.07) is 5.87. The second-order valence-electron chi connectivity index (χ2n) is 7.14. The van der Waals surface area contributed by atoms with Crippen LogP contribution in [0.5, 0.6) is 0 Å². The first-order valence-electron chi connectivity index (χ1n) is 9.58. The fourth-order valence-corrected chi connectivity index (χ4v) is 4.60. The third kappa shape index (κ3) is 3.76. The molecule has 0 spiro atoms. The molecule has 154 valence electrons. The van der Waals surface area contributed by atoms with E-state index >= 15 is 0 Å². The Kier molecular flexibility index (Phi) is 5.45. The molecule has 0 aliphatic rings. The monoisotopic (exact) mass is 421 g/mol. The minimum atomic E-state index is -0.210. The summed E-state index contributed by atoms with van der Waals surface area (Å²) >= 11 is 1.64. The molecule has 0 unspecified atom stereocenters. The fraction of sp³-hybridized carbons (Fsp3) is 0.286. The fourth-order valence-electron chi connectivity index (χ4n) is 3.51. The Bertz CT molecular complexity index is 1170. The highest BCUT2D eigenvalue weighted by Crippen LogP contribution is 2.31. The molecule has 0 N–H and O–H groups in total. The number of fused-ring (bicyclic) bond motifs is 1. The second kappa shape index (κ2) is 8.19. The molecule has 0 saturated heterocycles. The highest BCUT2D eigenvalue weighted by molar-refractivity contribution is 7.18. The maximum Gasteiger partial charge on any atom is 0.291 e. The standard InChI is InChI=1S/C21H23N7OS/c1-14-18(21(29)28(22-2)13-16-9-11-26(3)25-16)27(4)20-19(14)30-17(24-20)8-7-15-6-5-10-23-12-15/h5-6,9-12H,2,7-8,13H2,1,3-4H3. The maximum atomic E-state index is 13.2. The van der Waals surface area contributed by atoms with Gasteiger partial charge in [-0.15, -0.1) is 11.3 Å². The summed E-state index contributed by atoms with van der Waals surface area (Å²) in [5.74, 6) is -0.210. The molecule has 0 aliphatic carbocycles. The van der Waals surface area contributed by atoms with Gasteiger partial charge in [-0.05, 0) is 36.6 Å². The van der Waals surface area contributed by atoms with Crippen molar-refractivity contribution in [3.05, 3.63) is 64.3 Å². The normalized spacial score (nSPS) is 11.2. The van der Waals surface area contributed by atoms with Crippen LogP contribution in [0, 0.1) is 6.92 Å². The van der Waals surface area contributed by atoms with Crippen LogP contribution in [0.25, 0.3) is 10.3 Å². The largest absolute Gasteiger partial charge is 0.323 e. The van der Waals surface area contributed by atoms with E-state index in [-0.39, 0.29) is 12.5 Å². The number of thiazole rings is 1. The first kappa shape index (κ1) is 20.0. The molecule has 0 radical (unpaired) electrons. The molecule has 1 amide bonds. The summed E-state index contributed by atoms with van der Waals surface area (Å²) in [7, 11) is 3.71. The molecule has 4 aromatic heterocycles. The lowest BCUT2D eigenvalue weighted by Gasteiger charge is -2.16. The summed E-state index contributed by atoms with van der Waals surface area (Å²) in [5, 5.41) is 10.7. The van der Waals surface area contributed by atoms with Crippen molar-refractivity contribution in [3.63, 3.8) is 0 Å². The Labute approximate surface area is 178 Å². The van der Waals surface area contributed by atoms with Gasteiger partial charge < -0.3 is 4.57 Å². The lowest BCUT2D eigenvalue weighted by molar-refractivity contribution is 0.0738. The predicted molar refractivity (Wildman–Crippen MR) is 118 cm³/mol. The Morgan fingerprint density at radius 2 is 2.13 bits per heavy atom. The van der Waals surface area contributed by atoms with Gasteiger partial charge in [0.25, 0.3) is 5.91 Å². The van der Waals surface area contributed by atoms with Crippen molar-refractivity contribution in [1.82, 2.24) is 29.3 Å². The van der Waals surface area contributed by atoms with Gasteiger partial charge in [0.15, 0.2) is 5.65 Å². The van der Waals surface area contributed by atoms with Gasteiger partial charge in [-0.25, -0.2) is 9.99 Å².